The van der Waals surface area contributed by atoms with Crippen molar-refractivity contribution in [2.75, 3.05) is 32.4 Å². The first-order valence-electron chi connectivity index (χ1n) is 9.24. The minimum absolute atomic E-state index is 0. The molecule has 1 aliphatic heterocycles. The number of halogens is 1. The molecule has 1 aromatic rings. The normalized spacial score (nSPS) is 16.8. The molecule has 1 aromatic heterocycles. The number of thioether (sulfide) groups is 1. The first kappa shape index (κ1) is 23.5. The van der Waals surface area contributed by atoms with E-state index in [1.54, 1.807) is 0 Å². The number of aromatic nitrogens is 1. The first-order valence-corrected chi connectivity index (χ1v) is 10.5. The van der Waals surface area contributed by atoms with Gasteiger partial charge in [-0.25, -0.2) is 0 Å². The summed E-state index contributed by atoms with van der Waals surface area (Å²) in [7, 11) is 0. The van der Waals surface area contributed by atoms with Gasteiger partial charge in [-0.05, 0) is 52.0 Å². The van der Waals surface area contributed by atoms with E-state index < -0.39 is 0 Å². The Morgan fingerprint density at radius 3 is 2.65 bits per heavy atom. The number of piperidine rings is 1. The van der Waals surface area contributed by atoms with E-state index in [-0.39, 0.29) is 28.7 Å². The Hall–Kier alpha value is -0.540. The highest BCUT2D eigenvalue weighted by Gasteiger charge is 2.21. The van der Waals surface area contributed by atoms with Crippen molar-refractivity contribution >= 4 is 41.7 Å². The Kier molecular flexibility index (Phi) is 10.9. The second kappa shape index (κ2) is 12.0. The van der Waals surface area contributed by atoms with Gasteiger partial charge in [-0.1, -0.05) is 6.07 Å². The highest BCUT2D eigenvalue weighted by molar-refractivity contribution is 14.0. The zero-order valence-corrected chi connectivity index (χ0v) is 19.6. The Morgan fingerprint density at radius 2 is 2.08 bits per heavy atom. The fourth-order valence-electron chi connectivity index (χ4n) is 2.80. The van der Waals surface area contributed by atoms with Crippen LogP contribution in [0.2, 0.25) is 0 Å². The molecule has 0 aliphatic carbocycles. The summed E-state index contributed by atoms with van der Waals surface area (Å²) >= 11 is 1.86. The maximum Gasteiger partial charge on any atom is 0.191 e. The van der Waals surface area contributed by atoms with Crippen LogP contribution in [0.25, 0.3) is 0 Å². The second-order valence-electron chi connectivity index (χ2n) is 7.17. The van der Waals surface area contributed by atoms with E-state index in [4.69, 9.17) is 4.99 Å². The van der Waals surface area contributed by atoms with Crippen molar-refractivity contribution in [2.45, 2.75) is 50.9 Å². The van der Waals surface area contributed by atoms with Crippen LogP contribution in [-0.4, -0.2) is 59.1 Å². The molecule has 5 nitrogen and oxygen atoms in total. The number of pyridine rings is 1. The third-order valence-electron chi connectivity index (χ3n) is 4.55. The minimum atomic E-state index is 0. The van der Waals surface area contributed by atoms with Crippen molar-refractivity contribution in [1.29, 1.82) is 0 Å². The lowest BCUT2D eigenvalue weighted by atomic mass is 10.0. The predicted octanol–water partition coefficient (Wildman–Crippen LogP) is 3.36. The molecule has 0 radical (unpaired) electrons. The average molecular weight is 491 g/mol. The lowest BCUT2D eigenvalue weighted by Gasteiger charge is -2.33. The number of aliphatic imine (C=N–C) groups is 1. The summed E-state index contributed by atoms with van der Waals surface area (Å²) in [4.78, 5) is 11.7. The Labute approximate surface area is 180 Å². The van der Waals surface area contributed by atoms with Crippen molar-refractivity contribution < 1.29 is 0 Å². The molecule has 26 heavy (non-hydrogen) atoms. The fraction of sp³-hybridized carbons (Fsp3) is 0.684. The van der Waals surface area contributed by atoms with Crippen LogP contribution >= 0.6 is 35.7 Å². The first-order chi connectivity index (χ1) is 12.0. The fourth-order valence-corrected chi connectivity index (χ4v) is 3.00. The highest BCUT2D eigenvalue weighted by Crippen LogP contribution is 2.21. The molecule has 148 valence electrons. The smallest absolute Gasteiger partial charge is 0.191 e. The molecule has 1 aliphatic rings. The summed E-state index contributed by atoms with van der Waals surface area (Å²) < 4.78 is 0.175. The van der Waals surface area contributed by atoms with Gasteiger partial charge < -0.3 is 10.6 Å². The number of guanidine groups is 1. The average Bonchev–Trinajstić information content (AvgIpc) is 2.62. The number of hydrogen-bond donors (Lipinski definition) is 2. The van der Waals surface area contributed by atoms with Crippen molar-refractivity contribution in [3.8, 4) is 0 Å². The Bertz CT molecular complexity index is 530. The van der Waals surface area contributed by atoms with Crippen LogP contribution in [0.1, 0.15) is 39.3 Å². The molecule has 2 N–H and O–H groups in total. The zero-order chi connectivity index (χ0) is 18.1. The number of rotatable bonds is 7. The Balaban J connectivity index is 0.00000338. The number of hydrogen-bond acceptors (Lipinski definition) is 4. The molecule has 0 saturated carbocycles. The van der Waals surface area contributed by atoms with Crippen LogP contribution < -0.4 is 10.6 Å². The quantitative estimate of drug-likeness (QED) is 0.348. The van der Waals surface area contributed by atoms with Crippen molar-refractivity contribution in [3.05, 3.63) is 30.1 Å². The third-order valence-corrected chi connectivity index (χ3v) is 5.79. The molecule has 2 rings (SSSR count). The molecule has 0 bridgehead atoms. The van der Waals surface area contributed by atoms with Crippen LogP contribution in [0.5, 0.6) is 0 Å². The van der Waals surface area contributed by atoms with Crippen LogP contribution in [0, 0.1) is 0 Å². The van der Waals surface area contributed by atoms with Crippen LogP contribution in [0.4, 0.5) is 0 Å². The van der Waals surface area contributed by atoms with E-state index in [0.29, 0.717) is 6.04 Å². The van der Waals surface area contributed by atoms with E-state index in [2.05, 4.69) is 59.7 Å². The van der Waals surface area contributed by atoms with Crippen molar-refractivity contribution in [1.82, 2.24) is 20.5 Å². The largest absolute Gasteiger partial charge is 0.357 e. The zero-order valence-electron chi connectivity index (χ0n) is 16.5. The van der Waals surface area contributed by atoms with E-state index >= 15 is 0 Å². The molecule has 2 heterocycles. The van der Waals surface area contributed by atoms with Gasteiger partial charge in [0.05, 0.1) is 12.2 Å². The molecule has 0 spiro atoms. The summed E-state index contributed by atoms with van der Waals surface area (Å²) in [6, 6.07) is 6.63. The van der Waals surface area contributed by atoms with E-state index in [9.17, 15) is 0 Å². The van der Waals surface area contributed by atoms with Gasteiger partial charge in [-0.3, -0.25) is 14.9 Å². The monoisotopic (exact) mass is 491 g/mol. The number of likely N-dealkylation sites (tertiary alicyclic amines) is 1. The molecular weight excluding hydrogens is 457 g/mol. The van der Waals surface area contributed by atoms with Crippen molar-refractivity contribution in [3.63, 3.8) is 0 Å². The summed E-state index contributed by atoms with van der Waals surface area (Å²) in [5, 5.41) is 7.01. The molecule has 0 amide bonds. The number of nitrogens with one attached hydrogen (secondary N) is 2. The van der Waals surface area contributed by atoms with Crippen molar-refractivity contribution in [2.24, 2.45) is 4.99 Å². The molecule has 1 saturated heterocycles. The van der Waals surface area contributed by atoms with Gasteiger partial charge in [0.25, 0.3) is 0 Å². The van der Waals surface area contributed by atoms with E-state index in [1.165, 1.54) is 0 Å². The van der Waals surface area contributed by atoms with Gasteiger partial charge in [0.15, 0.2) is 5.96 Å². The SMILES string of the molecule is CCNC(=NCC(C)(C)SC)NC1CCN(Cc2ccccn2)CC1.I. The topological polar surface area (TPSA) is 52.6 Å². The highest BCUT2D eigenvalue weighted by atomic mass is 127. The molecule has 0 aromatic carbocycles. The predicted molar refractivity (Wildman–Crippen MR) is 125 cm³/mol. The Morgan fingerprint density at radius 1 is 1.35 bits per heavy atom. The van der Waals surface area contributed by atoms with Crippen LogP contribution in [-0.2, 0) is 6.54 Å². The maximum absolute atomic E-state index is 4.79. The summed E-state index contributed by atoms with van der Waals surface area (Å²) in [6.07, 6.45) is 6.30. The standard InChI is InChI=1S/C19H33N5S.HI/c1-5-20-18(22-15-19(2,3)25-4)23-16-9-12-24(13-10-16)14-17-8-6-7-11-21-17;/h6-8,11,16H,5,9-10,12-15H2,1-4H3,(H2,20,22,23);1H. The lowest BCUT2D eigenvalue weighted by Crippen LogP contribution is -2.48. The van der Waals surface area contributed by atoms with Gasteiger partial charge in [-0.15, -0.1) is 24.0 Å². The summed E-state index contributed by atoms with van der Waals surface area (Å²) in [6.45, 7) is 11.5. The van der Waals surface area contributed by atoms with Crippen LogP contribution in [0.3, 0.4) is 0 Å². The lowest BCUT2D eigenvalue weighted by molar-refractivity contribution is 0.196. The molecule has 7 heteroatoms. The van der Waals surface area contributed by atoms with Gasteiger partial charge in [0, 0.05) is 43.2 Å². The molecule has 0 atom stereocenters. The third kappa shape index (κ3) is 8.43. The molecule has 1 fully saturated rings. The second-order valence-corrected chi connectivity index (χ2v) is 8.69. The van der Waals surface area contributed by atoms with Gasteiger partial charge in [0.1, 0.15) is 0 Å². The van der Waals surface area contributed by atoms with Crippen LogP contribution in [0.15, 0.2) is 29.4 Å². The van der Waals surface area contributed by atoms with E-state index in [1.807, 2.05) is 24.0 Å². The molecule has 0 unspecified atom stereocenters. The van der Waals surface area contributed by atoms with Gasteiger partial charge >= 0.3 is 0 Å². The summed E-state index contributed by atoms with van der Waals surface area (Å²) in [5.41, 5.74) is 1.16. The molecular formula is C19H34IN5S. The van der Waals surface area contributed by atoms with Gasteiger partial charge in [0.2, 0.25) is 0 Å². The van der Waals surface area contributed by atoms with E-state index in [0.717, 1.165) is 57.2 Å². The number of nitrogens with zero attached hydrogens (tertiary/aromatic N) is 3. The maximum atomic E-state index is 4.79. The minimum Gasteiger partial charge on any atom is -0.357 e. The summed E-state index contributed by atoms with van der Waals surface area (Å²) in [5.74, 6) is 0.952. The van der Waals surface area contributed by atoms with Gasteiger partial charge in [-0.2, -0.15) is 11.8 Å².